The van der Waals surface area contributed by atoms with E-state index in [4.69, 9.17) is 14.5 Å². The third-order valence-electron chi connectivity index (χ3n) is 2.32. The van der Waals surface area contributed by atoms with Crippen LogP contribution in [0.2, 0.25) is 0 Å². The maximum atomic E-state index is 11.0. The molecular formula is C13H31N2O5P. The summed E-state index contributed by atoms with van der Waals surface area (Å²) in [7, 11) is -2.35. The van der Waals surface area contributed by atoms with Gasteiger partial charge in [0, 0.05) is 6.54 Å². The lowest BCUT2D eigenvalue weighted by molar-refractivity contribution is 0.0518. The van der Waals surface area contributed by atoms with E-state index in [9.17, 15) is 4.79 Å². The summed E-state index contributed by atoms with van der Waals surface area (Å²) in [4.78, 5) is 30.1. The molecule has 0 unspecified atom stereocenters. The van der Waals surface area contributed by atoms with Gasteiger partial charge in [-0.15, -0.1) is 0 Å². The monoisotopic (exact) mass is 326 g/mol. The van der Waals surface area contributed by atoms with Crippen LogP contribution in [0.3, 0.4) is 0 Å². The van der Waals surface area contributed by atoms with Crippen molar-refractivity contribution in [2.24, 2.45) is 0 Å². The first-order valence-electron chi connectivity index (χ1n) is 7.16. The van der Waals surface area contributed by atoms with Crippen molar-refractivity contribution in [1.82, 2.24) is 10.2 Å². The standard InChI is InChI=1S/C7H16NO5P.C6H15N/c1-7(2,3)13-6(9)8-4-5-12-14(10)11;1-4-7(5-2)6-3/h10-11H,4-5H2,1-3H3,(H,8,9);4-6H2,1-3H3. The highest BCUT2D eigenvalue weighted by molar-refractivity contribution is 7.39. The van der Waals surface area contributed by atoms with Crippen LogP contribution in [0.5, 0.6) is 0 Å². The van der Waals surface area contributed by atoms with Crippen LogP contribution >= 0.6 is 8.60 Å². The second-order valence-electron chi connectivity index (χ2n) is 5.13. The van der Waals surface area contributed by atoms with E-state index in [0.29, 0.717) is 0 Å². The molecule has 0 aliphatic heterocycles. The summed E-state index contributed by atoms with van der Waals surface area (Å²) in [5, 5.41) is 2.40. The third-order valence-corrected chi connectivity index (χ3v) is 2.73. The van der Waals surface area contributed by atoms with E-state index in [2.05, 4.69) is 35.5 Å². The average Bonchev–Trinajstić information content (AvgIpc) is 2.35. The van der Waals surface area contributed by atoms with Gasteiger partial charge in [-0.2, -0.15) is 0 Å². The number of carbonyl (C=O) groups excluding carboxylic acids is 1. The van der Waals surface area contributed by atoms with Crippen LogP contribution in [0, 0.1) is 0 Å². The van der Waals surface area contributed by atoms with Gasteiger partial charge in [0.05, 0.1) is 6.61 Å². The Morgan fingerprint density at radius 2 is 1.62 bits per heavy atom. The summed E-state index contributed by atoms with van der Waals surface area (Å²) < 4.78 is 9.35. The van der Waals surface area contributed by atoms with Gasteiger partial charge in [0.1, 0.15) is 5.60 Å². The molecule has 0 saturated heterocycles. The van der Waals surface area contributed by atoms with Crippen molar-refractivity contribution < 1.29 is 23.8 Å². The largest absolute Gasteiger partial charge is 0.444 e. The number of alkyl carbamates (subject to hydrolysis) is 1. The predicted molar refractivity (Wildman–Crippen MR) is 85.0 cm³/mol. The average molecular weight is 326 g/mol. The van der Waals surface area contributed by atoms with Crippen molar-refractivity contribution in [3.8, 4) is 0 Å². The molecule has 0 aromatic carbocycles. The molecule has 0 aliphatic carbocycles. The van der Waals surface area contributed by atoms with Gasteiger partial charge < -0.3 is 29.3 Å². The Hall–Kier alpha value is -0.460. The molecule has 1 amide bonds. The highest BCUT2D eigenvalue weighted by atomic mass is 31.2. The van der Waals surface area contributed by atoms with Crippen molar-refractivity contribution in [3.63, 3.8) is 0 Å². The number of nitrogens with zero attached hydrogens (tertiary/aromatic N) is 1. The maximum Gasteiger partial charge on any atom is 0.407 e. The molecular weight excluding hydrogens is 295 g/mol. The van der Waals surface area contributed by atoms with Crippen LogP contribution in [0.25, 0.3) is 0 Å². The van der Waals surface area contributed by atoms with Gasteiger partial charge in [-0.05, 0) is 40.4 Å². The minimum absolute atomic E-state index is 0.0396. The summed E-state index contributed by atoms with van der Waals surface area (Å²) in [6.45, 7) is 15.6. The summed E-state index contributed by atoms with van der Waals surface area (Å²) in [5.74, 6) is 0. The number of amides is 1. The second-order valence-corrected chi connectivity index (χ2v) is 5.90. The normalized spacial score (nSPS) is 11.1. The van der Waals surface area contributed by atoms with E-state index in [-0.39, 0.29) is 13.2 Å². The SMILES string of the molecule is CC(C)(C)OC(=O)NCCOP(O)O.CCN(CC)CC. The zero-order chi connectivity index (χ0) is 16.9. The Balaban J connectivity index is 0. The van der Waals surface area contributed by atoms with E-state index < -0.39 is 20.3 Å². The molecule has 0 aromatic rings. The summed E-state index contributed by atoms with van der Waals surface area (Å²) in [5.41, 5.74) is -0.536. The Kier molecular flexibility index (Phi) is 14.4. The van der Waals surface area contributed by atoms with E-state index >= 15 is 0 Å². The summed E-state index contributed by atoms with van der Waals surface area (Å²) in [6.07, 6.45) is -0.554. The summed E-state index contributed by atoms with van der Waals surface area (Å²) >= 11 is 0. The first-order valence-corrected chi connectivity index (χ1v) is 8.32. The van der Waals surface area contributed by atoms with E-state index in [1.54, 1.807) is 20.8 Å². The van der Waals surface area contributed by atoms with E-state index in [1.807, 2.05) is 0 Å². The van der Waals surface area contributed by atoms with E-state index in [1.165, 1.54) is 19.6 Å². The number of ether oxygens (including phenoxy) is 1. The fourth-order valence-electron chi connectivity index (χ4n) is 1.27. The molecule has 0 fully saturated rings. The molecule has 3 N–H and O–H groups in total. The van der Waals surface area contributed by atoms with Crippen LogP contribution in [-0.4, -0.2) is 59.2 Å². The molecule has 8 heteroatoms. The lowest BCUT2D eigenvalue weighted by Gasteiger charge is -2.19. The lowest BCUT2D eigenvalue weighted by atomic mass is 10.2. The number of carbonyl (C=O) groups is 1. The minimum atomic E-state index is -2.35. The first-order chi connectivity index (χ1) is 9.66. The fraction of sp³-hybridized carbons (Fsp3) is 0.923. The lowest BCUT2D eigenvalue weighted by Crippen LogP contribution is -2.34. The predicted octanol–water partition coefficient (Wildman–Crippen LogP) is 2.09. The molecule has 0 aromatic heterocycles. The number of hydrogen-bond donors (Lipinski definition) is 3. The molecule has 0 radical (unpaired) electrons. The number of rotatable bonds is 7. The second kappa shape index (κ2) is 13.2. The molecule has 128 valence electrons. The van der Waals surface area contributed by atoms with Gasteiger partial charge in [-0.3, -0.25) is 0 Å². The summed E-state index contributed by atoms with van der Waals surface area (Å²) in [6, 6.07) is 0. The molecule has 0 bridgehead atoms. The molecule has 0 atom stereocenters. The molecule has 7 nitrogen and oxygen atoms in total. The van der Waals surface area contributed by atoms with E-state index in [0.717, 1.165) is 0 Å². The van der Waals surface area contributed by atoms with Crippen molar-refractivity contribution in [2.45, 2.75) is 47.1 Å². The Bertz CT molecular complexity index is 250. The van der Waals surface area contributed by atoms with Gasteiger partial charge in [-0.25, -0.2) is 4.79 Å². The molecule has 0 saturated carbocycles. The maximum absolute atomic E-state index is 11.0. The minimum Gasteiger partial charge on any atom is -0.444 e. The highest BCUT2D eigenvalue weighted by Crippen LogP contribution is 2.23. The first kappa shape index (κ1) is 22.8. The van der Waals surface area contributed by atoms with Gasteiger partial charge in [0.15, 0.2) is 0 Å². The molecule has 0 aliphatic rings. The van der Waals surface area contributed by atoms with Crippen LogP contribution in [-0.2, 0) is 9.26 Å². The van der Waals surface area contributed by atoms with Gasteiger partial charge >= 0.3 is 14.7 Å². The zero-order valence-electron chi connectivity index (χ0n) is 14.0. The number of hydrogen-bond acceptors (Lipinski definition) is 6. The molecule has 0 rings (SSSR count). The third kappa shape index (κ3) is 19.5. The quantitative estimate of drug-likeness (QED) is 0.490. The molecule has 0 spiro atoms. The Labute approximate surface area is 129 Å². The van der Waals surface area contributed by atoms with Gasteiger partial charge in [-0.1, -0.05) is 20.8 Å². The van der Waals surface area contributed by atoms with Crippen LogP contribution in [0.15, 0.2) is 0 Å². The zero-order valence-corrected chi connectivity index (χ0v) is 14.9. The van der Waals surface area contributed by atoms with Crippen molar-refractivity contribution in [2.75, 3.05) is 32.8 Å². The number of nitrogens with one attached hydrogen (secondary N) is 1. The van der Waals surface area contributed by atoms with Crippen LogP contribution < -0.4 is 5.32 Å². The van der Waals surface area contributed by atoms with Crippen molar-refractivity contribution in [3.05, 3.63) is 0 Å². The fourth-order valence-corrected chi connectivity index (χ4v) is 1.52. The van der Waals surface area contributed by atoms with Crippen molar-refractivity contribution in [1.29, 1.82) is 0 Å². The highest BCUT2D eigenvalue weighted by Gasteiger charge is 2.15. The molecule has 21 heavy (non-hydrogen) atoms. The van der Waals surface area contributed by atoms with Crippen LogP contribution in [0.4, 0.5) is 4.79 Å². The van der Waals surface area contributed by atoms with Crippen molar-refractivity contribution >= 4 is 14.7 Å². The Morgan fingerprint density at radius 1 is 1.14 bits per heavy atom. The van der Waals surface area contributed by atoms with Gasteiger partial charge in [0.25, 0.3) is 0 Å². The Morgan fingerprint density at radius 3 is 1.90 bits per heavy atom. The smallest absolute Gasteiger partial charge is 0.407 e. The topological polar surface area (TPSA) is 91.3 Å². The van der Waals surface area contributed by atoms with Gasteiger partial charge in [0.2, 0.25) is 0 Å². The van der Waals surface area contributed by atoms with Crippen LogP contribution in [0.1, 0.15) is 41.5 Å². The molecule has 0 heterocycles.